The average Bonchev–Trinajstić information content (AvgIpc) is 2.72. The van der Waals surface area contributed by atoms with Gasteiger partial charge in [-0.25, -0.2) is 0 Å². The zero-order valence-corrected chi connectivity index (χ0v) is 8.25. The van der Waals surface area contributed by atoms with Crippen molar-refractivity contribution < 1.29 is 19.2 Å². The van der Waals surface area contributed by atoms with Crippen LogP contribution in [0.15, 0.2) is 22.6 Å². The highest BCUT2D eigenvalue weighted by atomic mass is 16.6. The highest BCUT2D eigenvalue weighted by molar-refractivity contribution is 5.91. The zero-order valence-electron chi connectivity index (χ0n) is 8.25. The molecule has 0 aromatic carbocycles. The quantitative estimate of drug-likeness (QED) is 0.427. The highest BCUT2D eigenvalue weighted by Gasteiger charge is 2.09. The van der Waals surface area contributed by atoms with Gasteiger partial charge in [0.2, 0.25) is 5.91 Å². The first kappa shape index (κ1) is 11.9. The van der Waals surface area contributed by atoms with Gasteiger partial charge in [-0.1, -0.05) is 0 Å². The molecule has 0 saturated carbocycles. The molecular weight excluding hydrogens is 216 g/mol. The molecule has 16 heavy (non-hydrogen) atoms. The van der Waals surface area contributed by atoms with E-state index in [4.69, 9.17) is 9.52 Å². The number of nitrogens with one attached hydrogen (secondary N) is 1. The Morgan fingerprint density at radius 1 is 1.62 bits per heavy atom. The van der Waals surface area contributed by atoms with Crippen LogP contribution in [0, 0.1) is 10.1 Å². The van der Waals surface area contributed by atoms with Crippen LogP contribution in [-0.4, -0.2) is 29.1 Å². The van der Waals surface area contributed by atoms with Gasteiger partial charge in [0.25, 0.3) is 0 Å². The second-order valence-corrected chi connectivity index (χ2v) is 2.78. The Morgan fingerprint density at radius 2 is 2.38 bits per heavy atom. The van der Waals surface area contributed by atoms with E-state index in [0.717, 1.165) is 6.08 Å². The van der Waals surface area contributed by atoms with Gasteiger partial charge in [0, 0.05) is 12.6 Å². The van der Waals surface area contributed by atoms with Crippen LogP contribution in [-0.2, 0) is 4.79 Å². The van der Waals surface area contributed by atoms with Crippen LogP contribution in [0.5, 0.6) is 0 Å². The van der Waals surface area contributed by atoms with Crippen LogP contribution in [0.4, 0.5) is 5.88 Å². The summed E-state index contributed by atoms with van der Waals surface area (Å²) in [4.78, 5) is 20.6. The third kappa shape index (κ3) is 3.54. The molecule has 0 aliphatic heterocycles. The van der Waals surface area contributed by atoms with Gasteiger partial charge in [-0.05, 0) is 12.1 Å². The highest BCUT2D eigenvalue weighted by Crippen LogP contribution is 2.16. The van der Waals surface area contributed by atoms with Crippen LogP contribution in [0.2, 0.25) is 0 Å². The number of hydrogen-bond acceptors (Lipinski definition) is 5. The molecule has 86 valence electrons. The standard InChI is InChI=1S/C9H10N2O5/c12-6-5-10-8(13)3-1-7-2-4-9(16-7)11(14)15/h1-4,12H,5-6H2,(H,10,13)/b3-1+. The summed E-state index contributed by atoms with van der Waals surface area (Å²) in [7, 11) is 0. The second-order valence-electron chi connectivity index (χ2n) is 2.78. The topological polar surface area (TPSA) is 106 Å². The summed E-state index contributed by atoms with van der Waals surface area (Å²) in [6.07, 6.45) is 2.47. The van der Waals surface area contributed by atoms with E-state index >= 15 is 0 Å². The molecule has 0 aliphatic carbocycles. The van der Waals surface area contributed by atoms with Crippen molar-refractivity contribution in [2.24, 2.45) is 0 Å². The lowest BCUT2D eigenvalue weighted by Crippen LogP contribution is -2.24. The Bertz CT molecular complexity index is 410. The van der Waals surface area contributed by atoms with Crippen LogP contribution < -0.4 is 5.32 Å². The Balaban J connectivity index is 2.55. The van der Waals surface area contributed by atoms with E-state index in [2.05, 4.69) is 5.32 Å². The van der Waals surface area contributed by atoms with Gasteiger partial charge in [0.1, 0.15) is 10.7 Å². The van der Waals surface area contributed by atoms with Crippen LogP contribution >= 0.6 is 0 Å². The fraction of sp³-hybridized carbons (Fsp3) is 0.222. The Labute approximate surface area is 90.5 Å². The SMILES string of the molecule is O=C(/C=C/c1ccc([N+](=O)[O-])o1)NCCO. The fourth-order valence-electron chi connectivity index (χ4n) is 0.926. The molecule has 1 heterocycles. The van der Waals surface area contributed by atoms with Crippen molar-refractivity contribution in [1.82, 2.24) is 5.32 Å². The summed E-state index contributed by atoms with van der Waals surface area (Å²) < 4.78 is 4.78. The number of rotatable bonds is 5. The molecular formula is C9H10N2O5. The molecule has 0 saturated heterocycles. The number of nitrogens with zero attached hydrogens (tertiary/aromatic N) is 1. The molecule has 2 N–H and O–H groups in total. The van der Waals surface area contributed by atoms with Crippen LogP contribution in [0.25, 0.3) is 6.08 Å². The predicted octanol–water partition coefficient (Wildman–Crippen LogP) is 0.309. The molecule has 7 nitrogen and oxygen atoms in total. The number of aliphatic hydroxyl groups excluding tert-OH is 1. The maximum atomic E-state index is 11.0. The maximum absolute atomic E-state index is 11.0. The lowest BCUT2D eigenvalue weighted by molar-refractivity contribution is -0.402. The van der Waals surface area contributed by atoms with E-state index in [1.54, 1.807) is 0 Å². The van der Waals surface area contributed by atoms with Crippen molar-refractivity contribution in [1.29, 1.82) is 0 Å². The van der Waals surface area contributed by atoms with Gasteiger partial charge < -0.3 is 14.8 Å². The van der Waals surface area contributed by atoms with Crippen molar-refractivity contribution >= 4 is 17.9 Å². The minimum atomic E-state index is -0.664. The molecule has 7 heteroatoms. The van der Waals surface area contributed by atoms with E-state index in [1.807, 2.05) is 0 Å². The molecule has 0 fully saturated rings. The van der Waals surface area contributed by atoms with E-state index in [1.165, 1.54) is 18.2 Å². The number of aliphatic hydroxyl groups is 1. The lowest BCUT2D eigenvalue weighted by Gasteiger charge is -1.95. The zero-order chi connectivity index (χ0) is 12.0. The van der Waals surface area contributed by atoms with Gasteiger partial charge in [0.15, 0.2) is 0 Å². The maximum Gasteiger partial charge on any atom is 0.433 e. The minimum absolute atomic E-state index is 0.147. The fourth-order valence-corrected chi connectivity index (χ4v) is 0.926. The summed E-state index contributed by atoms with van der Waals surface area (Å²) >= 11 is 0. The molecule has 0 atom stereocenters. The predicted molar refractivity (Wildman–Crippen MR) is 54.5 cm³/mol. The molecule has 1 aromatic heterocycles. The molecule has 1 aromatic rings. The van der Waals surface area contributed by atoms with Gasteiger partial charge >= 0.3 is 5.88 Å². The number of carbonyl (C=O) groups is 1. The average molecular weight is 226 g/mol. The summed E-state index contributed by atoms with van der Waals surface area (Å²) in [5.74, 6) is -0.575. The monoisotopic (exact) mass is 226 g/mol. The molecule has 1 rings (SSSR count). The molecule has 0 unspecified atom stereocenters. The lowest BCUT2D eigenvalue weighted by atomic mass is 10.4. The van der Waals surface area contributed by atoms with E-state index in [0.29, 0.717) is 0 Å². The van der Waals surface area contributed by atoms with Gasteiger partial charge in [0.05, 0.1) is 12.7 Å². The van der Waals surface area contributed by atoms with Crippen molar-refractivity contribution in [3.63, 3.8) is 0 Å². The molecule has 0 radical (unpaired) electrons. The third-order valence-electron chi connectivity index (χ3n) is 1.60. The summed E-state index contributed by atoms with van der Waals surface area (Å²) in [6, 6.07) is 2.58. The van der Waals surface area contributed by atoms with Crippen molar-refractivity contribution in [3.05, 3.63) is 34.1 Å². The largest absolute Gasteiger partial charge is 0.433 e. The summed E-state index contributed by atoms with van der Waals surface area (Å²) in [5.41, 5.74) is 0. The number of amides is 1. The second kappa shape index (κ2) is 5.66. The van der Waals surface area contributed by atoms with E-state index in [9.17, 15) is 14.9 Å². The minimum Gasteiger partial charge on any atom is -0.401 e. The number of hydrogen-bond donors (Lipinski definition) is 2. The molecule has 0 aliphatic rings. The normalized spacial score (nSPS) is 10.6. The first-order valence-corrected chi connectivity index (χ1v) is 4.44. The first-order chi connectivity index (χ1) is 7.63. The number of carbonyl (C=O) groups excluding carboxylic acids is 1. The van der Waals surface area contributed by atoms with Crippen molar-refractivity contribution in [2.75, 3.05) is 13.2 Å². The molecule has 0 spiro atoms. The van der Waals surface area contributed by atoms with Crippen molar-refractivity contribution in [2.45, 2.75) is 0 Å². The van der Waals surface area contributed by atoms with E-state index in [-0.39, 0.29) is 24.8 Å². The summed E-state index contributed by atoms with van der Waals surface area (Å²) in [6.45, 7) is 0.00722. The number of furan rings is 1. The van der Waals surface area contributed by atoms with E-state index < -0.39 is 10.8 Å². The smallest absolute Gasteiger partial charge is 0.401 e. The van der Waals surface area contributed by atoms with Crippen LogP contribution in [0.3, 0.4) is 0 Å². The molecule has 1 amide bonds. The third-order valence-corrected chi connectivity index (χ3v) is 1.60. The van der Waals surface area contributed by atoms with Gasteiger partial charge in [-0.15, -0.1) is 0 Å². The Hall–Kier alpha value is -2.15. The summed E-state index contributed by atoms with van der Waals surface area (Å²) in [5, 5.41) is 21.1. The molecule has 0 bridgehead atoms. The van der Waals surface area contributed by atoms with Crippen LogP contribution in [0.1, 0.15) is 5.76 Å². The first-order valence-electron chi connectivity index (χ1n) is 4.44. The van der Waals surface area contributed by atoms with Crippen molar-refractivity contribution in [3.8, 4) is 0 Å². The number of nitro groups is 1. The Morgan fingerprint density at radius 3 is 2.94 bits per heavy atom. The Kier molecular flexibility index (Phi) is 4.22. The van der Waals surface area contributed by atoms with Gasteiger partial charge in [-0.2, -0.15) is 0 Å². The van der Waals surface area contributed by atoms with Gasteiger partial charge in [-0.3, -0.25) is 14.9 Å².